The van der Waals surface area contributed by atoms with E-state index in [2.05, 4.69) is 15.2 Å². The Labute approximate surface area is 204 Å². The molecule has 2 saturated heterocycles. The van der Waals surface area contributed by atoms with E-state index in [9.17, 15) is 31.1 Å². The van der Waals surface area contributed by atoms with Crippen LogP contribution in [0.3, 0.4) is 0 Å². The van der Waals surface area contributed by atoms with Gasteiger partial charge in [-0.15, -0.1) is 0 Å². The minimum atomic E-state index is -4.99. The monoisotopic (exact) mass is 516 g/mol. The number of urea groups is 1. The molecule has 1 N–H and O–H groups in total. The number of rotatable bonds is 3. The lowest BCUT2D eigenvalue weighted by Gasteiger charge is -2.36. The minimum Gasteiger partial charge on any atom is -0.353 e. The van der Waals surface area contributed by atoms with Crippen molar-refractivity contribution >= 4 is 23.5 Å². The lowest BCUT2D eigenvalue weighted by Crippen LogP contribution is -2.50. The molecule has 1 aromatic carbocycles. The first-order valence-corrected chi connectivity index (χ1v) is 11.6. The molecule has 0 saturated carbocycles. The van der Waals surface area contributed by atoms with Gasteiger partial charge in [-0.2, -0.15) is 31.3 Å². The SMILES string of the molecule is Cc1cc(N2CCN(C(=O)Nc3cc(C(F)(F)F)cc(C(F)(F)F)c3)CC2)nc(N2CCCCC2)n1. The molecular weight excluding hydrogens is 490 g/mol. The number of hydrogen-bond donors (Lipinski definition) is 1. The number of aryl methyl sites for hydroxylation is 1. The van der Waals surface area contributed by atoms with Gasteiger partial charge in [0, 0.05) is 56.7 Å². The van der Waals surface area contributed by atoms with Gasteiger partial charge in [0.05, 0.1) is 11.1 Å². The van der Waals surface area contributed by atoms with E-state index in [0.29, 0.717) is 31.2 Å². The first kappa shape index (κ1) is 25.8. The van der Waals surface area contributed by atoms with Crippen molar-refractivity contribution in [3.63, 3.8) is 0 Å². The Hall–Kier alpha value is -3.25. The van der Waals surface area contributed by atoms with Crippen LogP contribution in [0.25, 0.3) is 0 Å². The zero-order valence-corrected chi connectivity index (χ0v) is 19.6. The van der Waals surface area contributed by atoms with Gasteiger partial charge in [-0.3, -0.25) is 0 Å². The molecule has 1 aromatic heterocycles. The molecule has 2 aromatic rings. The molecule has 13 heteroatoms. The Morgan fingerprint density at radius 1 is 0.778 bits per heavy atom. The number of anilines is 3. The van der Waals surface area contributed by atoms with Crippen molar-refractivity contribution < 1.29 is 31.1 Å². The Balaban J connectivity index is 1.42. The van der Waals surface area contributed by atoms with Gasteiger partial charge in [0.1, 0.15) is 5.82 Å². The van der Waals surface area contributed by atoms with Gasteiger partial charge in [0.25, 0.3) is 0 Å². The number of carbonyl (C=O) groups is 1. The molecule has 4 rings (SSSR count). The number of piperidine rings is 1. The third-order valence-electron chi connectivity index (χ3n) is 6.20. The highest BCUT2D eigenvalue weighted by molar-refractivity contribution is 5.89. The second-order valence-corrected chi connectivity index (χ2v) is 8.91. The van der Waals surface area contributed by atoms with E-state index in [-0.39, 0.29) is 19.2 Å². The van der Waals surface area contributed by atoms with Crippen molar-refractivity contribution in [1.82, 2.24) is 14.9 Å². The summed E-state index contributed by atoms with van der Waals surface area (Å²) in [4.78, 5) is 27.4. The predicted molar refractivity (Wildman–Crippen MR) is 122 cm³/mol. The number of alkyl halides is 6. The molecule has 2 aliphatic heterocycles. The summed E-state index contributed by atoms with van der Waals surface area (Å²) in [5, 5.41) is 2.19. The van der Waals surface area contributed by atoms with Crippen molar-refractivity contribution in [2.45, 2.75) is 38.5 Å². The lowest BCUT2D eigenvalue weighted by molar-refractivity contribution is -0.143. The maximum absolute atomic E-state index is 13.1. The molecule has 2 aliphatic rings. The molecule has 36 heavy (non-hydrogen) atoms. The standard InChI is InChI=1S/C23H26F6N6O/c1-15-11-19(32-20(30-15)34-5-3-2-4-6-34)33-7-9-35(10-8-33)21(36)31-18-13-16(22(24,25)26)12-17(14-18)23(27,28)29/h11-14H,2-10H2,1H3,(H,31,36). The Kier molecular flexibility index (Phi) is 7.19. The van der Waals surface area contributed by atoms with Crippen LogP contribution in [0.15, 0.2) is 24.3 Å². The largest absolute Gasteiger partial charge is 0.416 e. The number of benzene rings is 1. The molecule has 2 amide bonds. The van der Waals surface area contributed by atoms with Crippen LogP contribution >= 0.6 is 0 Å². The summed E-state index contributed by atoms with van der Waals surface area (Å²) in [5.74, 6) is 1.38. The number of amides is 2. The van der Waals surface area contributed by atoms with Crippen molar-refractivity contribution in [3.8, 4) is 0 Å². The summed E-state index contributed by atoms with van der Waals surface area (Å²) in [6, 6.07) is 2.10. The first-order chi connectivity index (χ1) is 16.9. The molecule has 3 heterocycles. The van der Waals surface area contributed by atoms with E-state index in [4.69, 9.17) is 4.98 Å². The van der Waals surface area contributed by atoms with Crippen LogP contribution in [0.1, 0.15) is 36.1 Å². The molecule has 0 radical (unpaired) electrons. The van der Waals surface area contributed by atoms with Gasteiger partial charge in [0.15, 0.2) is 0 Å². The average Bonchev–Trinajstić information content (AvgIpc) is 2.83. The van der Waals surface area contributed by atoms with E-state index in [1.165, 1.54) is 11.3 Å². The third kappa shape index (κ3) is 6.11. The summed E-state index contributed by atoms with van der Waals surface area (Å²) >= 11 is 0. The number of piperazine rings is 1. The number of hydrogen-bond acceptors (Lipinski definition) is 5. The summed E-state index contributed by atoms with van der Waals surface area (Å²) in [5.41, 5.74) is -2.73. The van der Waals surface area contributed by atoms with Crippen LogP contribution in [0.2, 0.25) is 0 Å². The molecule has 0 bridgehead atoms. The Morgan fingerprint density at radius 2 is 1.36 bits per heavy atom. The van der Waals surface area contributed by atoms with Crippen molar-refractivity contribution in [1.29, 1.82) is 0 Å². The Bertz CT molecular complexity index is 1060. The van der Waals surface area contributed by atoms with Crippen LogP contribution in [0, 0.1) is 6.92 Å². The topological polar surface area (TPSA) is 64.6 Å². The van der Waals surface area contributed by atoms with E-state index in [1.54, 1.807) is 0 Å². The van der Waals surface area contributed by atoms with Gasteiger partial charge in [0.2, 0.25) is 5.95 Å². The van der Waals surface area contributed by atoms with E-state index >= 15 is 0 Å². The van der Waals surface area contributed by atoms with E-state index in [1.807, 2.05) is 17.9 Å². The summed E-state index contributed by atoms with van der Waals surface area (Å²) in [6.07, 6.45) is -6.64. The van der Waals surface area contributed by atoms with Crippen molar-refractivity contribution in [2.75, 3.05) is 54.4 Å². The second-order valence-electron chi connectivity index (χ2n) is 8.91. The Morgan fingerprint density at radius 3 is 1.92 bits per heavy atom. The quantitative estimate of drug-likeness (QED) is 0.571. The van der Waals surface area contributed by atoms with Gasteiger partial charge >= 0.3 is 18.4 Å². The fourth-order valence-corrected chi connectivity index (χ4v) is 4.30. The van der Waals surface area contributed by atoms with Gasteiger partial charge in [-0.25, -0.2) is 9.78 Å². The lowest BCUT2D eigenvalue weighted by atomic mass is 10.1. The molecule has 0 unspecified atom stereocenters. The van der Waals surface area contributed by atoms with Crippen LogP contribution in [-0.4, -0.2) is 60.2 Å². The van der Waals surface area contributed by atoms with Crippen LogP contribution < -0.4 is 15.1 Å². The van der Waals surface area contributed by atoms with Gasteiger partial charge < -0.3 is 20.0 Å². The zero-order chi connectivity index (χ0) is 26.1. The first-order valence-electron chi connectivity index (χ1n) is 11.6. The fourth-order valence-electron chi connectivity index (χ4n) is 4.30. The number of nitrogens with zero attached hydrogens (tertiary/aromatic N) is 5. The maximum Gasteiger partial charge on any atom is 0.416 e. The van der Waals surface area contributed by atoms with Crippen LogP contribution in [0.5, 0.6) is 0 Å². The second kappa shape index (κ2) is 10.0. The molecular formula is C23H26F6N6O. The fraction of sp³-hybridized carbons (Fsp3) is 0.522. The van der Waals surface area contributed by atoms with E-state index < -0.39 is 35.2 Å². The van der Waals surface area contributed by atoms with Crippen LogP contribution in [-0.2, 0) is 12.4 Å². The predicted octanol–water partition coefficient (Wildman–Crippen LogP) is 5.17. The number of halogens is 6. The van der Waals surface area contributed by atoms with Gasteiger partial charge in [-0.05, 0) is 44.4 Å². The summed E-state index contributed by atoms with van der Waals surface area (Å²) in [6.45, 7) is 4.91. The summed E-state index contributed by atoms with van der Waals surface area (Å²) < 4.78 is 78.6. The zero-order valence-electron chi connectivity index (χ0n) is 19.6. The number of carbonyl (C=O) groups excluding carboxylic acids is 1. The highest BCUT2D eigenvalue weighted by atomic mass is 19.4. The average molecular weight is 516 g/mol. The highest BCUT2D eigenvalue weighted by Gasteiger charge is 2.37. The molecule has 0 aliphatic carbocycles. The minimum absolute atomic E-state index is 0.0241. The molecule has 196 valence electrons. The van der Waals surface area contributed by atoms with Gasteiger partial charge in [-0.1, -0.05) is 0 Å². The number of nitrogens with one attached hydrogen (secondary N) is 1. The number of aromatic nitrogens is 2. The highest BCUT2D eigenvalue weighted by Crippen LogP contribution is 2.37. The van der Waals surface area contributed by atoms with Crippen molar-refractivity contribution in [3.05, 3.63) is 41.1 Å². The van der Waals surface area contributed by atoms with Crippen molar-refractivity contribution in [2.24, 2.45) is 0 Å². The smallest absolute Gasteiger partial charge is 0.353 e. The molecule has 0 spiro atoms. The third-order valence-corrected chi connectivity index (χ3v) is 6.20. The molecule has 0 atom stereocenters. The maximum atomic E-state index is 13.1. The van der Waals surface area contributed by atoms with Crippen LogP contribution in [0.4, 0.5) is 48.6 Å². The normalized spacial score (nSPS) is 17.4. The molecule has 7 nitrogen and oxygen atoms in total. The summed E-state index contributed by atoms with van der Waals surface area (Å²) in [7, 11) is 0. The molecule has 2 fully saturated rings. The van der Waals surface area contributed by atoms with E-state index in [0.717, 1.165) is 37.4 Å².